The minimum Gasteiger partial charge on any atom is -0.480 e. The van der Waals surface area contributed by atoms with Gasteiger partial charge in [0.1, 0.15) is 12.5 Å². The number of esters is 1. The molecule has 2 aromatic rings. The molecule has 0 fully saturated rings. The van der Waals surface area contributed by atoms with Crippen molar-refractivity contribution < 1.29 is 19.4 Å². The van der Waals surface area contributed by atoms with Gasteiger partial charge in [0.25, 0.3) is 0 Å². The zero-order valence-corrected chi connectivity index (χ0v) is 12.9. The summed E-state index contributed by atoms with van der Waals surface area (Å²) in [5.74, 6) is -1.72. The summed E-state index contributed by atoms with van der Waals surface area (Å²) in [6.45, 7) is 1.94. The summed E-state index contributed by atoms with van der Waals surface area (Å²) < 4.78 is 5.19. The van der Waals surface area contributed by atoms with Crippen LogP contribution in [0.25, 0.3) is 0 Å². The van der Waals surface area contributed by atoms with Crippen LogP contribution in [0.5, 0.6) is 0 Å². The normalized spacial score (nSPS) is 11.5. The Kier molecular flexibility index (Phi) is 5.74. The van der Waals surface area contributed by atoms with E-state index in [2.05, 4.69) is 5.32 Å². The van der Waals surface area contributed by atoms with Crippen molar-refractivity contribution in [2.24, 2.45) is 0 Å². The highest BCUT2D eigenvalue weighted by Gasteiger charge is 2.23. The standard InChI is InChI=1S/C18H19NO4/c1-2-23-18(22)17(13-6-4-3-5-7-13)14-8-10-15(11-9-14)19-12-16(20)21/h3-11,17,19H,2,12H2,1H3,(H,20,21). The molecular weight excluding hydrogens is 294 g/mol. The smallest absolute Gasteiger partial charge is 0.322 e. The highest BCUT2D eigenvalue weighted by molar-refractivity contribution is 5.82. The third-order valence-electron chi connectivity index (χ3n) is 3.34. The molecule has 2 aromatic carbocycles. The maximum atomic E-state index is 12.3. The zero-order chi connectivity index (χ0) is 16.7. The van der Waals surface area contributed by atoms with Crippen LogP contribution in [0.1, 0.15) is 24.0 Å². The van der Waals surface area contributed by atoms with E-state index in [1.54, 1.807) is 31.2 Å². The molecule has 0 bridgehead atoms. The molecule has 0 aliphatic carbocycles. The van der Waals surface area contributed by atoms with Gasteiger partial charge in [-0.15, -0.1) is 0 Å². The molecule has 5 heteroatoms. The first-order chi connectivity index (χ1) is 11.1. The van der Waals surface area contributed by atoms with Crippen LogP contribution in [-0.2, 0) is 14.3 Å². The molecule has 0 aliphatic heterocycles. The Hall–Kier alpha value is -2.82. The number of carbonyl (C=O) groups excluding carboxylic acids is 1. The Morgan fingerprint density at radius 1 is 1.04 bits per heavy atom. The van der Waals surface area contributed by atoms with Gasteiger partial charge < -0.3 is 15.2 Å². The number of anilines is 1. The molecule has 0 aromatic heterocycles. The molecule has 1 unspecified atom stereocenters. The van der Waals surface area contributed by atoms with Crippen LogP contribution in [0.2, 0.25) is 0 Å². The van der Waals surface area contributed by atoms with Crippen LogP contribution in [0.4, 0.5) is 5.69 Å². The van der Waals surface area contributed by atoms with Gasteiger partial charge in [0.2, 0.25) is 0 Å². The van der Waals surface area contributed by atoms with Crippen LogP contribution in [0.3, 0.4) is 0 Å². The molecular formula is C18H19NO4. The van der Waals surface area contributed by atoms with Crippen LogP contribution < -0.4 is 5.32 Å². The van der Waals surface area contributed by atoms with Crippen molar-refractivity contribution in [3.63, 3.8) is 0 Å². The minimum atomic E-state index is -0.928. The number of hydrogen-bond donors (Lipinski definition) is 2. The number of benzene rings is 2. The van der Waals surface area contributed by atoms with Gasteiger partial charge in [0.15, 0.2) is 0 Å². The molecule has 2 N–H and O–H groups in total. The highest BCUT2D eigenvalue weighted by atomic mass is 16.5. The first-order valence-corrected chi connectivity index (χ1v) is 7.39. The number of hydrogen-bond acceptors (Lipinski definition) is 4. The first-order valence-electron chi connectivity index (χ1n) is 7.39. The number of nitrogens with one attached hydrogen (secondary N) is 1. The number of aliphatic carboxylic acids is 1. The molecule has 0 aliphatic rings. The summed E-state index contributed by atoms with van der Waals surface area (Å²) in [6, 6.07) is 16.5. The molecule has 0 saturated carbocycles. The Bertz CT molecular complexity index is 652. The Morgan fingerprint density at radius 2 is 1.65 bits per heavy atom. The van der Waals surface area contributed by atoms with E-state index in [1.807, 2.05) is 30.3 Å². The molecule has 0 spiro atoms. The van der Waals surface area contributed by atoms with Crippen molar-refractivity contribution in [1.29, 1.82) is 0 Å². The van der Waals surface area contributed by atoms with Crippen LogP contribution in [-0.4, -0.2) is 30.2 Å². The lowest BCUT2D eigenvalue weighted by atomic mass is 9.91. The number of carboxylic acids is 1. The molecule has 1 atom stereocenters. The van der Waals surface area contributed by atoms with Gasteiger partial charge in [0.05, 0.1) is 6.61 Å². The monoisotopic (exact) mass is 313 g/mol. The predicted octanol–water partition coefficient (Wildman–Crippen LogP) is 2.88. The number of carboxylic acid groups (broad SMARTS) is 1. The molecule has 0 amide bonds. The molecule has 0 saturated heterocycles. The largest absolute Gasteiger partial charge is 0.480 e. The van der Waals surface area contributed by atoms with Gasteiger partial charge in [-0.25, -0.2) is 0 Å². The van der Waals surface area contributed by atoms with Crippen LogP contribution in [0, 0.1) is 0 Å². The fraction of sp³-hybridized carbons (Fsp3) is 0.222. The fourth-order valence-electron chi connectivity index (χ4n) is 2.31. The predicted molar refractivity (Wildman–Crippen MR) is 87.5 cm³/mol. The highest BCUT2D eigenvalue weighted by Crippen LogP contribution is 2.27. The summed E-state index contributed by atoms with van der Waals surface area (Å²) in [5.41, 5.74) is 2.35. The minimum absolute atomic E-state index is 0.153. The van der Waals surface area contributed by atoms with Gasteiger partial charge >= 0.3 is 11.9 Å². The van der Waals surface area contributed by atoms with E-state index in [-0.39, 0.29) is 12.5 Å². The van der Waals surface area contributed by atoms with Gasteiger partial charge in [0, 0.05) is 5.69 Å². The van der Waals surface area contributed by atoms with Crippen molar-refractivity contribution in [2.45, 2.75) is 12.8 Å². The quantitative estimate of drug-likeness (QED) is 0.769. The molecule has 5 nitrogen and oxygen atoms in total. The average Bonchev–Trinajstić information content (AvgIpc) is 2.55. The van der Waals surface area contributed by atoms with E-state index in [1.165, 1.54) is 0 Å². The summed E-state index contributed by atoms with van der Waals surface area (Å²) in [6.07, 6.45) is 0. The summed E-state index contributed by atoms with van der Waals surface area (Å²) in [5, 5.41) is 11.5. The van der Waals surface area contributed by atoms with E-state index in [0.29, 0.717) is 12.3 Å². The molecule has 120 valence electrons. The maximum absolute atomic E-state index is 12.3. The summed E-state index contributed by atoms with van der Waals surface area (Å²) >= 11 is 0. The van der Waals surface area contributed by atoms with Crippen LogP contribution >= 0.6 is 0 Å². The molecule has 0 radical (unpaired) electrons. The Morgan fingerprint density at radius 3 is 2.22 bits per heavy atom. The molecule has 23 heavy (non-hydrogen) atoms. The van der Waals surface area contributed by atoms with Crippen molar-refractivity contribution in [3.05, 3.63) is 65.7 Å². The second kappa shape index (κ2) is 7.98. The second-order valence-corrected chi connectivity index (χ2v) is 4.97. The SMILES string of the molecule is CCOC(=O)C(c1ccccc1)c1ccc(NCC(=O)O)cc1. The third-order valence-corrected chi connectivity index (χ3v) is 3.34. The van der Waals surface area contributed by atoms with Crippen LogP contribution in [0.15, 0.2) is 54.6 Å². The molecule has 0 heterocycles. The summed E-state index contributed by atoms with van der Waals surface area (Å²) in [4.78, 5) is 22.9. The first kappa shape index (κ1) is 16.5. The third kappa shape index (κ3) is 4.57. The van der Waals surface area contributed by atoms with Gasteiger partial charge in [-0.1, -0.05) is 42.5 Å². The van der Waals surface area contributed by atoms with Crippen molar-refractivity contribution in [2.75, 3.05) is 18.5 Å². The topological polar surface area (TPSA) is 75.6 Å². The van der Waals surface area contributed by atoms with Gasteiger partial charge in [-0.3, -0.25) is 9.59 Å². The zero-order valence-electron chi connectivity index (χ0n) is 12.9. The van der Waals surface area contributed by atoms with E-state index >= 15 is 0 Å². The Labute approximate surface area is 134 Å². The van der Waals surface area contributed by atoms with E-state index in [0.717, 1.165) is 11.1 Å². The van der Waals surface area contributed by atoms with Crippen molar-refractivity contribution in [3.8, 4) is 0 Å². The second-order valence-electron chi connectivity index (χ2n) is 4.97. The van der Waals surface area contributed by atoms with E-state index in [4.69, 9.17) is 9.84 Å². The van der Waals surface area contributed by atoms with Crippen molar-refractivity contribution >= 4 is 17.6 Å². The Balaban J connectivity index is 2.25. The summed E-state index contributed by atoms with van der Waals surface area (Å²) in [7, 11) is 0. The lowest BCUT2D eigenvalue weighted by Crippen LogP contribution is -2.17. The van der Waals surface area contributed by atoms with Gasteiger partial charge in [-0.2, -0.15) is 0 Å². The van der Waals surface area contributed by atoms with Crippen molar-refractivity contribution in [1.82, 2.24) is 0 Å². The fourth-order valence-corrected chi connectivity index (χ4v) is 2.31. The number of ether oxygens (including phenoxy) is 1. The lowest BCUT2D eigenvalue weighted by Gasteiger charge is -2.17. The average molecular weight is 313 g/mol. The molecule has 2 rings (SSSR count). The van der Waals surface area contributed by atoms with Gasteiger partial charge in [-0.05, 0) is 30.2 Å². The lowest BCUT2D eigenvalue weighted by molar-refractivity contribution is -0.143. The van der Waals surface area contributed by atoms with E-state index in [9.17, 15) is 9.59 Å². The number of rotatable bonds is 7. The number of carbonyl (C=O) groups is 2. The maximum Gasteiger partial charge on any atom is 0.322 e. The van der Waals surface area contributed by atoms with E-state index < -0.39 is 11.9 Å².